The first kappa shape index (κ1) is 18.2. The van der Waals surface area contributed by atoms with Crippen molar-refractivity contribution in [1.29, 1.82) is 0 Å². The lowest BCUT2D eigenvalue weighted by Gasteiger charge is -2.22. The van der Waals surface area contributed by atoms with Crippen molar-refractivity contribution >= 4 is 17.3 Å². The number of nitrogens with one attached hydrogen (secondary N) is 2. The van der Waals surface area contributed by atoms with E-state index < -0.39 is 0 Å². The fraction of sp³-hybridized carbons (Fsp3) is 0.429. The molecule has 1 aliphatic rings. The molecule has 1 amide bonds. The first-order chi connectivity index (χ1) is 12.6. The Bertz CT molecular complexity index is 740. The van der Waals surface area contributed by atoms with Crippen LogP contribution in [-0.4, -0.2) is 23.0 Å². The highest BCUT2D eigenvalue weighted by atomic mass is 16.5. The molecule has 0 aliphatic heterocycles. The maximum atomic E-state index is 12.5. The van der Waals surface area contributed by atoms with Gasteiger partial charge in [-0.1, -0.05) is 31.4 Å². The molecule has 1 heterocycles. The lowest BCUT2D eigenvalue weighted by Crippen LogP contribution is -2.36. The molecule has 0 bridgehead atoms. The van der Waals surface area contributed by atoms with Crippen LogP contribution in [0.15, 0.2) is 42.7 Å². The molecule has 0 atom stereocenters. The third-order valence-corrected chi connectivity index (χ3v) is 4.47. The molecule has 0 saturated heterocycles. The normalized spacial score (nSPS) is 14.9. The summed E-state index contributed by atoms with van der Waals surface area (Å²) in [5.41, 5.74) is 2.19. The minimum atomic E-state index is -0.0558. The molecule has 0 radical (unpaired) electrons. The Morgan fingerprint density at radius 2 is 1.92 bits per heavy atom. The monoisotopic (exact) mass is 353 g/mol. The molecule has 0 spiro atoms. The minimum absolute atomic E-state index is 0.0558. The van der Waals surface area contributed by atoms with Crippen molar-refractivity contribution in [3.05, 3.63) is 48.3 Å². The van der Waals surface area contributed by atoms with Gasteiger partial charge in [-0.2, -0.15) is 0 Å². The second-order valence-electron chi connectivity index (χ2n) is 7.06. The Morgan fingerprint density at radius 3 is 2.69 bits per heavy atom. The van der Waals surface area contributed by atoms with Crippen LogP contribution in [0.2, 0.25) is 0 Å². The number of carbonyl (C=O) groups excluding carboxylic acids is 1. The number of ether oxygens (including phenoxy) is 1. The van der Waals surface area contributed by atoms with Crippen molar-refractivity contribution in [2.24, 2.45) is 0 Å². The van der Waals surface area contributed by atoms with Gasteiger partial charge in [0.2, 0.25) is 0 Å². The third kappa shape index (κ3) is 4.97. The largest absolute Gasteiger partial charge is 0.489 e. The van der Waals surface area contributed by atoms with Crippen LogP contribution in [0, 0.1) is 0 Å². The second kappa shape index (κ2) is 8.70. The number of para-hydroxylation sites is 2. The number of carbonyl (C=O) groups is 1. The minimum Gasteiger partial charge on any atom is -0.489 e. The Balaban J connectivity index is 1.70. The highest BCUT2D eigenvalue weighted by Gasteiger charge is 2.17. The zero-order valence-electron chi connectivity index (χ0n) is 15.5. The van der Waals surface area contributed by atoms with Crippen LogP contribution in [0.1, 0.15) is 56.3 Å². The van der Waals surface area contributed by atoms with Crippen LogP contribution in [-0.2, 0) is 0 Å². The van der Waals surface area contributed by atoms with Crippen molar-refractivity contribution < 1.29 is 9.53 Å². The van der Waals surface area contributed by atoms with E-state index >= 15 is 0 Å². The lowest BCUT2D eigenvalue weighted by atomic mass is 9.95. The molecule has 1 aromatic heterocycles. The van der Waals surface area contributed by atoms with E-state index in [-0.39, 0.29) is 18.1 Å². The summed E-state index contributed by atoms with van der Waals surface area (Å²) < 4.78 is 5.83. The average molecular weight is 353 g/mol. The number of rotatable bonds is 6. The van der Waals surface area contributed by atoms with Gasteiger partial charge in [0.25, 0.3) is 5.91 Å². The summed E-state index contributed by atoms with van der Waals surface area (Å²) in [5, 5.41) is 6.44. The first-order valence-corrected chi connectivity index (χ1v) is 9.40. The number of hydrogen-bond acceptors (Lipinski definition) is 4. The predicted octanol–water partition coefficient (Wildman–Crippen LogP) is 4.67. The lowest BCUT2D eigenvalue weighted by molar-refractivity contribution is 0.0927. The number of nitrogens with zero attached hydrogens (tertiary/aromatic N) is 1. The fourth-order valence-electron chi connectivity index (χ4n) is 3.23. The van der Waals surface area contributed by atoms with Crippen molar-refractivity contribution in [1.82, 2.24) is 10.3 Å². The summed E-state index contributed by atoms with van der Waals surface area (Å²) in [5.74, 6) is 0.722. The number of benzene rings is 1. The number of anilines is 2. The van der Waals surface area contributed by atoms with E-state index in [2.05, 4.69) is 15.6 Å². The summed E-state index contributed by atoms with van der Waals surface area (Å²) in [7, 11) is 0. The van der Waals surface area contributed by atoms with Gasteiger partial charge in [0.15, 0.2) is 0 Å². The highest BCUT2D eigenvalue weighted by molar-refractivity contribution is 5.95. The number of pyridine rings is 1. The molecule has 1 saturated carbocycles. The van der Waals surface area contributed by atoms with Gasteiger partial charge >= 0.3 is 0 Å². The Morgan fingerprint density at radius 1 is 1.15 bits per heavy atom. The molecular weight excluding hydrogens is 326 g/mol. The molecule has 0 unspecified atom stereocenters. The summed E-state index contributed by atoms with van der Waals surface area (Å²) in [6, 6.07) is 9.88. The van der Waals surface area contributed by atoms with Gasteiger partial charge in [0.1, 0.15) is 5.75 Å². The Labute approximate surface area is 155 Å². The number of aromatic nitrogens is 1. The smallest absolute Gasteiger partial charge is 0.253 e. The van der Waals surface area contributed by atoms with Gasteiger partial charge in [-0.25, -0.2) is 0 Å². The average Bonchev–Trinajstić information content (AvgIpc) is 2.64. The van der Waals surface area contributed by atoms with Gasteiger partial charge < -0.3 is 15.4 Å². The molecule has 138 valence electrons. The van der Waals surface area contributed by atoms with Gasteiger partial charge in [-0.15, -0.1) is 0 Å². The molecule has 5 heteroatoms. The summed E-state index contributed by atoms with van der Waals surface area (Å²) in [6.45, 7) is 3.99. The topological polar surface area (TPSA) is 63.2 Å². The molecule has 1 fully saturated rings. The third-order valence-electron chi connectivity index (χ3n) is 4.47. The molecule has 1 aromatic carbocycles. The van der Waals surface area contributed by atoms with E-state index in [0.717, 1.165) is 30.0 Å². The van der Waals surface area contributed by atoms with Crippen molar-refractivity contribution in [3.8, 4) is 5.75 Å². The highest BCUT2D eigenvalue weighted by Crippen LogP contribution is 2.28. The number of amides is 1. The van der Waals surface area contributed by atoms with E-state index in [1.165, 1.54) is 19.3 Å². The molecule has 3 rings (SSSR count). The van der Waals surface area contributed by atoms with E-state index in [0.29, 0.717) is 5.56 Å². The quantitative estimate of drug-likeness (QED) is 0.792. The molecule has 2 N–H and O–H groups in total. The van der Waals surface area contributed by atoms with Crippen LogP contribution >= 0.6 is 0 Å². The zero-order chi connectivity index (χ0) is 18.4. The van der Waals surface area contributed by atoms with Crippen LogP contribution < -0.4 is 15.4 Å². The standard InChI is InChI=1S/C21H27N3O2/c1-15(2)26-20-11-7-6-10-19(20)23-18-12-16(13-22-14-18)21(25)24-17-8-4-3-5-9-17/h6-7,10-15,17,23H,3-5,8-9H2,1-2H3,(H,24,25). The SMILES string of the molecule is CC(C)Oc1ccccc1Nc1cncc(C(=O)NC2CCCCC2)c1. The maximum absolute atomic E-state index is 12.5. The van der Waals surface area contributed by atoms with E-state index in [9.17, 15) is 4.79 Å². The molecule has 1 aliphatic carbocycles. The number of hydrogen-bond donors (Lipinski definition) is 2. The molecule has 5 nitrogen and oxygen atoms in total. The van der Waals surface area contributed by atoms with Crippen molar-refractivity contribution in [2.45, 2.75) is 58.1 Å². The van der Waals surface area contributed by atoms with Crippen LogP contribution in [0.3, 0.4) is 0 Å². The summed E-state index contributed by atoms with van der Waals surface area (Å²) in [6.07, 6.45) is 9.20. The van der Waals surface area contributed by atoms with Crippen molar-refractivity contribution in [2.75, 3.05) is 5.32 Å². The Kier molecular flexibility index (Phi) is 6.10. The first-order valence-electron chi connectivity index (χ1n) is 9.40. The second-order valence-corrected chi connectivity index (χ2v) is 7.06. The van der Waals surface area contributed by atoms with E-state index in [1.807, 2.05) is 44.2 Å². The molecule has 2 aromatic rings. The maximum Gasteiger partial charge on any atom is 0.253 e. The van der Waals surface area contributed by atoms with Gasteiger partial charge in [0, 0.05) is 12.2 Å². The zero-order valence-corrected chi connectivity index (χ0v) is 15.5. The van der Waals surface area contributed by atoms with Crippen LogP contribution in [0.25, 0.3) is 0 Å². The summed E-state index contributed by atoms with van der Waals surface area (Å²) >= 11 is 0. The van der Waals surface area contributed by atoms with Gasteiger partial charge in [-0.3, -0.25) is 9.78 Å². The van der Waals surface area contributed by atoms with Gasteiger partial charge in [-0.05, 0) is 44.9 Å². The van der Waals surface area contributed by atoms with E-state index in [1.54, 1.807) is 12.4 Å². The van der Waals surface area contributed by atoms with Crippen molar-refractivity contribution in [3.63, 3.8) is 0 Å². The van der Waals surface area contributed by atoms with Gasteiger partial charge in [0.05, 0.1) is 29.2 Å². The molecular formula is C21H27N3O2. The van der Waals surface area contributed by atoms with Crippen LogP contribution in [0.4, 0.5) is 11.4 Å². The van der Waals surface area contributed by atoms with E-state index in [4.69, 9.17) is 4.74 Å². The predicted molar refractivity (Wildman–Crippen MR) is 104 cm³/mol. The fourth-order valence-corrected chi connectivity index (χ4v) is 3.23. The van der Waals surface area contributed by atoms with Crippen LogP contribution in [0.5, 0.6) is 5.75 Å². The Hall–Kier alpha value is -2.56. The summed E-state index contributed by atoms with van der Waals surface area (Å²) in [4.78, 5) is 16.7. The molecule has 26 heavy (non-hydrogen) atoms.